The highest BCUT2D eigenvalue weighted by Gasteiger charge is 2.17. The molecule has 4 aromatic rings. The molecule has 0 spiro atoms. The van der Waals surface area contributed by atoms with E-state index in [0.29, 0.717) is 5.69 Å². The number of carbonyl (C=O) groups excluding carboxylic acids is 1. The fraction of sp³-hybridized carbons (Fsp3) is 0.105. The van der Waals surface area contributed by atoms with Crippen LogP contribution < -0.4 is 5.32 Å². The molecule has 0 atom stereocenters. The van der Waals surface area contributed by atoms with E-state index in [4.69, 9.17) is 4.74 Å². The number of methoxy groups -OCH3 is 1. The smallest absolute Gasteiger partial charge is 0.411 e. The maximum absolute atomic E-state index is 11.7. The van der Waals surface area contributed by atoms with Crippen LogP contribution in [-0.2, 0) is 4.74 Å². The average molecular weight is 347 g/mol. The van der Waals surface area contributed by atoms with Crippen molar-refractivity contribution in [1.29, 1.82) is 0 Å². The Kier molecular flexibility index (Phi) is 3.89. The molecule has 2 aromatic heterocycles. The van der Waals surface area contributed by atoms with Gasteiger partial charge in [0.25, 0.3) is 0 Å². The van der Waals surface area contributed by atoms with Crippen molar-refractivity contribution in [2.45, 2.75) is 6.92 Å². The van der Waals surface area contributed by atoms with Crippen LogP contribution in [0.1, 0.15) is 5.69 Å². The monoisotopic (exact) mass is 347 g/mol. The van der Waals surface area contributed by atoms with Gasteiger partial charge in [-0.1, -0.05) is 30.3 Å². The fourth-order valence-electron chi connectivity index (χ4n) is 3.05. The summed E-state index contributed by atoms with van der Waals surface area (Å²) in [6.07, 6.45) is 1.14. The first-order valence-electron chi connectivity index (χ1n) is 8.10. The second kappa shape index (κ2) is 6.36. The molecule has 7 heteroatoms. The van der Waals surface area contributed by atoms with Crippen LogP contribution in [-0.4, -0.2) is 33.6 Å². The number of nitrogens with one attached hydrogen (secondary N) is 3. The number of nitrogens with zero attached hydrogens (tertiary/aromatic N) is 2. The van der Waals surface area contributed by atoms with Crippen LogP contribution in [0.15, 0.2) is 48.7 Å². The molecular formula is C19H17N5O2. The minimum atomic E-state index is -0.531. The van der Waals surface area contributed by atoms with Crippen LogP contribution in [0.3, 0.4) is 0 Å². The van der Waals surface area contributed by atoms with Gasteiger partial charge in [-0.2, -0.15) is 10.2 Å². The van der Waals surface area contributed by atoms with Gasteiger partial charge in [0.05, 0.1) is 24.5 Å². The first-order valence-corrected chi connectivity index (χ1v) is 8.10. The molecule has 0 aliphatic heterocycles. The predicted octanol–water partition coefficient (Wildman–Crippen LogP) is 4.11. The predicted molar refractivity (Wildman–Crippen MR) is 99.9 cm³/mol. The number of amides is 1. The van der Waals surface area contributed by atoms with E-state index >= 15 is 0 Å². The summed E-state index contributed by atoms with van der Waals surface area (Å²) in [6.45, 7) is 1.97. The van der Waals surface area contributed by atoms with Gasteiger partial charge in [-0.3, -0.25) is 15.5 Å². The van der Waals surface area contributed by atoms with E-state index in [1.165, 1.54) is 7.11 Å². The quantitative estimate of drug-likeness (QED) is 0.520. The van der Waals surface area contributed by atoms with E-state index in [0.717, 1.165) is 39.0 Å². The molecule has 4 rings (SSSR count). The Bertz CT molecular complexity index is 1080. The van der Waals surface area contributed by atoms with Crippen molar-refractivity contribution < 1.29 is 9.53 Å². The highest BCUT2D eigenvalue weighted by Crippen LogP contribution is 2.36. The number of aromatic amines is 2. The van der Waals surface area contributed by atoms with Gasteiger partial charge >= 0.3 is 6.09 Å². The van der Waals surface area contributed by atoms with Crippen LogP contribution in [0.5, 0.6) is 0 Å². The first kappa shape index (κ1) is 15.9. The Morgan fingerprint density at radius 3 is 2.69 bits per heavy atom. The lowest BCUT2D eigenvalue weighted by atomic mass is 9.98. The number of carbonyl (C=O) groups is 1. The number of rotatable bonds is 3. The Labute approximate surface area is 149 Å². The normalized spacial score (nSPS) is 10.8. The summed E-state index contributed by atoms with van der Waals surface area (Å²) in [7, 11) is 1.33. The van der Waals surface area contributed by atoms with Gasteiger partial charge in [-0.15, -0.1) is 0 Å². The minimum absolute atomic E-state index is 0.531. The van der Waals surface area contributed by atoms with Crippen LogP contribution in [0, 0.1) is 6.92 Å². The highest BCUT2D eigenvalue weighted by molar-refractivity contribution is 6.02. The van der Waals surface area contributed by atoms with Crippen molar-refractivity contribution in [3.8, 4) is 22.4 Å². The zero-order valence-corrected chi connectivity index (χ0v) is 14.3. The second-order valence-electron chi connectivity index (χ2n) is 5.91. The highest BCUT2D eigenvalue weighted by atomic mass is 16.5. The molecule has 0 saturated carbocycles. The second-order valence-corrected chi connectivity index (χ2v) is 5.91. The Morgan fingerprint density at radius 1 is 1.12 bits per heavy atom. The Hall–Kier alpha value is -3.61. The number of hydrogen-bond acceptors (Lipinski definition) is 4. The van der Waals surface area contributed by atoms with Gasteiger partial charge in [0, 0.05) is 22.2 Å². The van der Waals surface area contributed by atoms with Crippen LogP contribution >= 0.6 is 0 Å². The van der Waals surface area contributed by atoms with Gasteiger partial charge in [-0.25, -0.2) is 4.79 Å². The molecule has 2 aromatic carbocycles. The third kappa shape index (κ3) is 2.69. The van der Waals surface area contributed by atoms with E-state index < -0.39 is 6.09 Å². The number of aryl methyl sites for hydroxylation is 1. The van der Waals surface area contributed by atoms with Crippen molar-refractivity contribution in [3.05, 3.63) is 54.4 Å². The minimum Gasteiger partial charge on any atom is -0.453 e. The van der Waals surface area contributed by atoms with Gasteiger partial charge in [-0.05, 0) is 24.6 Å². The molecule has 7 nitrogen and oxygen atoms in total. The van der Waals surface area contributed by atoms with Gasteiger partial charge in [0.15, 0.2) is 0 Å². The summed E-state index contributed by atoms with van der Waals surface area (Å²) < 4.78 is 4.73. The molecule has 2 heterocycles. The number of aromatic nitrogens is 4. The molecule has 0 aliphatic carbocycles. The van der Waals surface area contributed by atoms with E-state index in [2.05, 4.69) is 25.7 Å². The van der Waals surface area contributed by atoms with Gasteiger partial charge in [0.1, 0.15) is 5.69 Å². The van der Waals surface area contributed by atoms with Crippen molar-refractivity contribution in [3.63, 3.8) is 0 Å². The first-order chi connectivity index (χ1) is 12.7. The number of fused-ring (bicyclic) bond motifs is 1. The maximum Gasteiger partial charge on any atom is 0.411 e. The largest absolute Gasteiger partial charge is 0.453 e. The number of ether oxygens (including phenoxy) is 1. The summed E-state index contributed by atoms with van der Waals surface area (Å²) in [4.78, 5) is 11.7. The summed E-state index contributed by atoms with van der Waals surface area (Å²) in [5.41, 5.74) is 6.13. The lowest BCUT2D eigenvalue weighted by molar-refractivity contribution is 0.187. The molecular weight excluding hydrogens is 330 g/mol. The van der Waals surface area contributed by atoms with Crippen molar-refractivity contribution in [2.75, 3.05) is 12.4 Å². The zero-order valence-electron chi connectivity index (χ0n) is 14.3. The van der Waals surface area contributed by atoms with Crippen LogP contribution in [0.2, 0.25) is 0 Å². The molecule has 0 fully saturated rings. The molecule has 0 saturated heterocycles. The average Bonchev–Trinajstić information content (AvgIpc) is 3.28. The molecule has 0 aliphatic rings. The van der Waals surface area contributed by atoms with E-state index in [-0.39, 0.29) is 0 Å². The van der Waals surface area contributed by atoms with Crippen LogP contribution in [0.4, 0.5) is 10.5 Å². The third-order valence-electron chi connectivity index (χ3n) is 4.26. The number of H-pyrrole nitrogens is 2. The summed E-state index contributed by atoms with van der Waals surface area (Å²) in [5, 5.41) is 18.1. The zero-order chi connectivity index (χ0) is 18.1. The number of anilines is 1. The van der Waals surface area contributed by atoms with E-state index in [1.54, 1.807) is 6.20 Å². The van der Waals surface area contributed by atoms with Crippen LogP contribution in [0.25, 0.3) is 33.3 Å². The van der Waals surface area contributed by atoms with Crippen molar-refractivity contribution in [2.24, 2.45) is 0 Å². The summed E-state index contributed by atoms with van der Waals surface area (Å²) in [5.74, 6) is 0. The van der Waals surface area contributed by atoms with E-state index in [9.17, 15) is 4.79 Å². The lowest BCUT2D eigenvalue weighted by Crippen LogP contribution is -2.11. The SMILES string of the molecule is COC(=O)Nc1cc(-c2c(-c3ccccc3)n[nH]c2C)cc2[nH]ncc12. The van der Waals surface area contributed by atoms with Gasteiger partial charge in [0.2, 0.25) is 0 Å². The summed E-state index contributed by atoms with van der Waals surface area (Å²) in [6, 6.07) is 13.9. The number of hydrogen-bond donors (Lipinski definition) is 3. The Balaban J connectivity index is 1.90. The molecule has 0 bridgehead atoms. The fourth-order valence-corrected chi connectivity index (χ4v) is 3.05. The topological polar surface area (TPSA) is 95.7 Å². The maximum atomic E-state index is 11.7. The molecule has 130 valence electrons. The molecule has 26 heavy (non-hydrogen) atoms. The van der Waals surface area contributed by atoms with Gasteiger partial charge < -0.3 is 4.74 Å². The Morgan fingerprint density at radius 2 is 1.92 bits per heavy atom. The number of benzene rings is 2. The summed E-state index contributed by atoms with van der Waals surface area (Å²) >= 11 is 0. The van der Waals surface area contributed by atoms with Crippen molar-refractivity contribution in [1.82, 2.24) is 20.4 Å². The third-order valence-corrected chi connectivity index (χ3v) is 4.26. The standard InChI is InChI=1S/C19H17N5O2/c1-11-17(18(24-22-11)12-6-4-3-5-7-12)13-8-15(21-19(25)26-2)14-10-20-23-16(14)9-13/h3-10H,1-2H3,(H,20,23)(H,21,25)(H,22,24). The molecule has 0 unspecified atom stereocenters. The lowest BCUT2D eigenvalue weighted by Gasteiger charge is -2.10. The molecule has 1 amide bonds. The van der Waals surface area contributed by atoms with E-state index in [1.807, 2.05) is 49.4 Å². The molecule has 3 N–H and O–H groups in total. The molecule has 0 radical (unpaired) electrons. The van der Waals surface area contributed by atoms with Crippen molar-refractivity contribution >= 4 is 22.7 Å².